The molecule has 0 saturated carbocycles. The Hall–Kier alpha value is -1.02. The largest absolute Gasteiger partial charge is 0.493 e. The molecule has 0 unspecified atom stereocenters. The number of unbranched alkanes of at least 4 members (excludes halogenated alkanes) is 1. The van der Waals surface area contributed by atoms with Crippen molar-refractivity contribution < 1.29 is 4.74 Å². The van der Waals surface area contributed by atoms with Gasteiger partial charge in [-0.1, -0.05) is 18.6 Å². The Kier molecular flexibility index (Phi) is 5.90. The fourth-order valence-electron chi connectivity index (χ4n) is 2.94. The van der Waals surface area contributed by atoms with E-state index in [4.69, 9.17) is 4.74 Å². The SMILES string of the molecule is Cc1ccc(C)c(OCCCCN2CCCCC2)c1C. The molecule has 0 aliphatic carbocycles. The Balaban J connectivity index is 1.69. The van der Waals surface area contributed by atoms with Gasteiger partial charge in [0.25, 0.3) is 0 Å². The lowest BCUT2D eigenvalue weighted by Crippen LogP contribution is -2.30. The van der Waals surface area contributed by atoms with E-state index in [1.165, 1.54) is 62.0 Å². The summed E-state index contributed by atoms with van der Waals surface area (Å²) in [7, 11) is 0. The van der Waals surface area contributed by atoms with Gasteiger partial charge in [-0.2, -0.15) is 0 Å². The number of ether oxygens (including phenoxy) is 1. The van der Waals surface area contributed by atoms with E-state index < -0.39 is 0 Å². The van der Waals surface area contributed by atoms with Gasteiger partial charge >= 0.3 is 0 Å². The second-order valence-electron chi connectivity index (χ2n) is 6.11. The molecule has 0 N–H and O–H groups in total. The van der Waals surface area contributed by atoms with E-state index >= 15 is 0 Å². The van der Waals surface area contributed by atoms with Crippen LogP contribution in [0.15, 0.2) is 12.1 Å². The molecular formula is C18H29NO. The first kappa shape index (κ1) is 15.4. The summed E-state index contributed by atoms with van der Waals surface area (Å²) in [4.78, 5) is 2.60. The number of piperidine rings is 1. The predicted octanol–water partition coefficient (Wildman–Crippen LogP) is 4.26. The molecule has 0 amide bonds. The van der Waals surface area contributed by atoms with Crippen molar-refractivity contribution in [1.29, 1.82) is 0 Å². The van der Waals surface area contributed by atoms with Crippen LogP contribution in [0.4, 0.5) is 0 Å². The molecule has 1 aliphatic heterocycles. The van der Waals surface area contributed by atoms with Crippen molar-refractivity contribution in [3.63, 3.8) is 0 Å². The Labute approximate surface area is 124 Å². The molecular weight excluding hydrogens is 246 g/mol. The van der Waals surface area contributed by atoms with Crippen LogP contribution in [-0.2, 0) is 0 Å². The summed E-state index contributed by atoms with van der Waals surface area (Å²) in [6, 6.07) is 4.33. The zero-order chi connectivity index (χ0) is 14.4. The summed E-state index contributed by atoms with van der Waals surface area (Å²) in [5.74, 6) is 1.10. The maximum atomic E-state index is 6.02. The highest BCUT2D eigenvalue weighted by Crippen LogP contribution is 2.25. The number of hydrogen-bond acceptors (Lipinski definition) is 2. The third kappa shape index (κ3) is 4.24. The molecule has 20 heavy (non-hydrogen) atoms. The summed E-state index contributed by atoms with van der Waals surface area (Å²) in [6.45, 7) is 11.1. The number of hydrogen-bond donors (Lipinski definition) is 0. The molecule has 1 fully saturated rings. The highest BCUT2D eigenvalue weighted by molar-refractivity contribution is 5.44. The van der Waals surface area contributed by atoms with Gasteiger partial charge in [-0.25, -0.2) is 0 Å². The smallest absolute Gasteiger partial charge is 0.125 e. The molecule has 0 radical (unpaired) electrons. The quantitative estimate of drug-likeness (QED) is 0.719. The summed E-state index contributed by atoms with van der Waals surface area (Å²) in [5, 5.41) is 0. The van der Waals surface area contributed by atoms with Gasteiger partial charge in [-0.3, -0.25) is 0 Å². The average Bonchev–Trinajstić information content (AvgIpc) is 2.47. The van der Waals surface area contributed by atoms with Crippen molar-refractivity contribution in [2.45, 2.75) is 52.9 Å². The Morgan fingerprint density at radius 1 is 0.950 bits per heavy atom. The molecule has 1 aromatic rings. The molecule has 0 spiro atoms. The Morgan fingerprint density at radius 2 is 1.65 bits per heavy atom. The molecule has 1 heterocycles. The molecule has 0 bridgehead atoms. The highest BCUT2D eigenvalue weighted by atomic mass is 16.5. The molecule has 0 aromatic heterocycles. The van der Waals surface area contributed by atoms with Crippen LogP contribution in [-0.4, -0.2) is 31.1 Å². The first-order valence-electron chi connectivity index (χ1n) is 8.10. The lowest BCUT2D eigenvalue weighted by Gasteiger charge is -2.26. The third-order valence-electron chi connectivity index (χ3n) is 4.44. The summed E-state index contributed by atoms with van der Waals surface area (Å²) in [6.07, 6.45) is 6.61. The van der Waals surface area contributed by atoms with Gasteiger partial charge in [0.15, 0.2) is 0 Å². The standard InChI is InChI=1S/C18H29NO/c1-15-9-10-16(2)18(17(15)3)20-14-8-7-13-19-11-5-4-6-12-19/h9-10H,4-8,11-14H2,1-3H3. The maximum absolute atomic E-state index is 6.02. The monoisotopic (exact) mass is 275 g/mol. The minimum absolute atomic E-state index is 0.846. The first-order valence-corrected chi connectivity index (χ1v) is 8.10. The van der Waals surface area contributed by atoms with Crippen LogP contribution < -0.4 is 4.74 Å². The van der Waals surface area contributed by atoms with Gasteiger partial charge in [0.05, 0.1) is 6.61 Å². The van der Waals surface area contributed by atoms with Crippen molar-refractivity contribution in [3.05, 3.63) is 28.8 Å². The van der Waals surface area contributed by atoms with Gasteiger partial charge in [-0.15, -0.1) is 0 Å². The summed E-state index contributed by atoms with van der Waals surface area (Å²) in [5.41, 5.74) is 3.86. The predicted molar refractivity (Wildman–Crippen MR) is 85.7 cm³/mol. The van der Waals surface area contributed by atoms with Crippen LogP contribution in [0.3, 0.4) is 0 Å². The van der Waals surface area contributed by atoms with Gasteiger partial charge in [0.2, 0.25) is 0 Å². The fourth-order valence-corrected chi connectivity index (χ4v) is 2.94. The Bertz CT molecular complexity index is 422. The minimum Gasteiger partial charge on any atom is -0.493 e. The minimum atomic E-state index is 0.846. The zero-order valence-electron chi connectivity index (χ0n) is 13.4. The van der Waals surface area contributed by atoms with Crippen LogP contribution in [0.2, 0.25) is 0 Å². The fraction of sp³-hybridized carbons (Fsp3) is 0.667. The van der Waals surface area contributed by atoms with Crippen molar-refractivity contribution in [2.24, 2.45) is 0 Å². The topological polar surface area (TPSA) is 12.5 Å². The second kappa shape index (κ2) is 7.68. The normalized spacial score (nSPS) is 16.4. The van der Waals surface area contributed by atoms with Crippen molar-refractivity contribution in [3.8, 4) is 5.75 Å². The molecule has 2 nitrogen and oxygen atoms in total. The molecule has 2 heteroatoms. The molecule has 1 saturated heterocycles. The van der Waals surface area contributed by atoms with Crippen molar-refractivity contribution in [1.82, 2.24) is 4.90 Å². The summed E-state index contributed by atoms with van der Waals surface area (Å²) < 4.78 is 6.02. The van der Waals surface area contributed by atoms with Crippen LogP contribution in [0, 0.1) is 20.8 Å². The van der Waals surface area contributed by atoms with Crippen LogP contribution in [0.25, 0.3) is 0 Å². The third-order valence-corrected chi connectivity index (χ3v) is 4.44. The maximum Gasteiger partial charge on any atom is 0.125 e. The number of likely N-dealkylation sites (tertiary alicyclic amines) is 1. The molecule has 112 valence electrons. The van der Waals surface area contributed by atoms with E-state index in [9.17, 15) is 0 Å². The summed E-state index contributed by atoms with van der Waals surface area (Å²) >= 11 is 0. The van der Waals surface area contributed by atoms with Crippen LogP contribution >= 0.6 is 0 Å². The lowest BCUT2D eigenvalue weighted by atomic mass is 10.1. The van der Waals surface area contributed by atoms with Gasteiger partial charge in [0.1, 0.15) is 5.75 Å². The van der Waals surface area contributed by atoms with Crippen LogP contribution in [0.1, 0.15) is 48.8 Å². The number of nitrogens with zero attached hydrogens (tertiary/aromatic N) is 1. The molecule has 1 aliphatic rings. The van der Waals surface area contributed by atoms with E-state index in [0.29, 0.717) is 0 Å². The van der Waals surface area contributed by atoms with E-state index in [1.807, 2.05) is 0 Å². The van der Waals surface area contributed by atoms with E-state index in [2.05, 4.69) is 37.8 Å². The molecule has 1 aromatic carbocycles. The van der Waals surface area contributed by atoms with Gasteiger partial charge in [-0.05, 0) is 82.8 Å². The first-order chi connectivity index (χ1) is 9.68. The molecule has 0 atom stereocenters. The average molecular weight is 275 g/mol. The van der Waals surface area contributed by atoms with Crippen LogP contribution in [0.5, 0.6) is 5.75 Å². The van der Waals surface area contributed by atoms with Crippen molar-refractivity contribution in [2.75, 3.05) is 26.2 Å². The van der Waals surface area contributed by atoms with E-state index in [0.717, 1.165) is 18.8 Å². The lowest BCUT2D eigenvalue weighted by molar-refractivity contribution is 0.215. The van der Waals surface area contributed by atoms with E-state index in [-0.39, 0.29) is 0 Å². The Morgan fingerprint density at radius 3 is 2.40 bits per heavy atom. The highest BCUT2D eigenvalue weighted by Gasteiger charge is 2.09. The molecule has 2 rings (SSSR count). The number of benzene rings is 1. The van der Waals surface area contributed by atoms with Gasteiger partial charge < -0.3 is 9.64 Å². The second-order valence-corrected chi connectivity index (χ2v) is 6.11. The van der Waals surface area contributed by atoms with Crippen molar-refractivity contribution >= 4 is 0 Å². The number of aryl methyl sites for hydroxylation is 2. The zero-order valence-corrected chi connectivity index (χ0v) is 13.4. The van der Waals surface area contributed by atoms with Gasteiger partial charge in [0, 0.05) is 0 Å². The number of rotatable bonds is 6. The van der Waals surface area contributed by atoms with E-state index in [1.54, 1.807) is 0 Å².